The van der Waals surface area contributed by atoms with Crippen molar-refractivity contribution in [1.82, 2.24) is 9.88 Å². The van der Waals surface area contributed by atoms with E-state index < -0.39 is 11.9 Å². The maximum atomic E-state index is 12.8. The van der Waals surface area contributed by atoms with Crippen molar-refractivity contribution < 1.29 is 14.3 Å². The SMILES string of the molecule is COC(=O)c1cccc(-n2c(C)cc(/C=C(/C#N)C(=O)N[C@@H](C)c3ccccc3)c2C)c1C. The Morgan fingerprint density at radius 2 is 1.79 bits per heavy atom. The van der Waals surface area contributed by atoms with Gasteiger partial charge in [0.05, 0.1) is 18.7 Å². The van der Waals surface area contributed by atoms with Crippen LogP contribution in [0.2, 0.25) is 0 Å². The summed E-state index contributed by atoms with van der Waals surface area (Å²) < 4.78 is 6.90. The Kier molecular flexibility index (Phi) is 7.14. The number of rotatable bonds is 6. The largest absolute Gasteiger partial charge is 0.465 e. The highest BCUT2D eigenvalue weighted by molar-refractivity contribution is 6.02. The fourth-order valence-corrected chi connectivity index (χ4v) is 3.90. The molecule has 0 unspecified atom stereocenters. The number of nitrogens with one attached hydrogen (secondary N) is 1. The normalized spacial score (nSPS) is 12.1. The highest BCUT2D eigenvalue weighted by Crippen LogP contribution is 2.27. The molecule has 3 aromatic rings. The Bertz CT molecular complexity index is 1260. The highest BCUT2D eigenvalue weighted by Gasteiger charge is 2.18. The van der Waals surface area contributed by atoms with E-state index in [0.29, 0.717) is 5.56 Å². The number of carbonyl (C=O) groups is 2. The Labute approximate surface area is 194 Å². The summed E-state index contributed by atoms with van der Waals surface area (Å²) in [6.07, 6.45) is 1.60. The van der Waals surface area contributed by atoms with E-state index in [9.17, 15) is 14.9 Å². The van der Waals surface area contributed by atoms with Crippen molar-refractivity contribution >= 4 is 18.0 Å². The van der Waals surface area contributed by atoms with Gasteiger partial charge in [0.1, 0.15) is 11.6 Å². The van der Waals surface area contributed by atoms with Crippen LogP contribution in [0.1, 0.15) is 51.4 Å². The number of carbonyl (C=O) groups excluding carboxylic acids is 2. The van der Waals surface area contributed by atoms with Crippen LogP contribution in [-0.2, 0) is 9.53 Å². The van der Waals surface area contributed by atoms with Crippen LogP contribution in [0, 0.1) is 32.1 Å². The van der Waals surface area contributed by atoms with Crippen molar-refractivity contribution in [2.75, 3.05) is 7.11 Å². The molecule has 0 saturated heterocycles. The quantitative estimate of drug-likeness (QED) is 0.332. The van der Waals surface area contributed by atoms with Gasteiger partial charge in [-0.15, -0.1) is 0 Å². The van der Waals surface area contributed by atoms with Gasteiger partial charge in [-0.1, -0.05) is 36.4 Å². The van der Waals surface area contributed by atoms with E-state index in [2.05, 4.69) is 5.32 Å². The lowest BCUT2D eigenvalue weighted by atomic mass is 10.1. The van der Waals surface area contributed by atoms with Crippen LogP contribution < -0.4 is 5.32 Å². The number of nitrogens with zero attached hydrogens (tertiary/aromatic N) is 2. The van der Waals surface area contributed by atoms with Gasteiger partial charge < -0.3 is 14.6 Å². The van der Waals surface area contributed by atoms with Gasteiger partial charge >= 0.3 is 5.97 Å². The Morgan fingerprint density at radius 3 is 2.42 bits per heavy atom. The molecule has 168 valence electrons. The van der Waals surface area contributed by atoms with Gasteiger partial charge in [-0.3, -0.25) is 4.79 Å². The lowest BCUT2D eigenvalue weighted by Crippen LogP contribution is -2.27. The lowest BCUT2D eigenvalue weighted by Gasteiger charge is -2.15. The Balaban J connectivity index is 1.95. The summed E-state index contributed by atoms with van der Waals surface area (Å²) in [5.41, 5.74) is 5.64. The first-order chi connectivity index (χ1) is 15.8. The molecule has 6 heteroatoms. The van der Waals surface area contributed by atoms with Gasteiger partial charge in [-0.2, -0.15) is 5.26 Å². The first-order valence-corrected chi connectivity index (χ1v) is 10.6. The zero-order valence-corrected chi connectivity index (χ0v) is 19.5. The molecule has 0 radical (unpaired) electrons. The number of hydrogen-bond donors (Lipinski definition) is 1. The minimum atomic E-state index is -0.428. The summed E-state index contributed by atoms with van der Waals surface area (Å²) in [5.74, 6) is -0.824. The number of hydrogen-bond acceptors (Lipinski definition) is 4. The second kappa shape index (κ2) is 10.0. The number of ether oxygens (including phenoxy) is 1. The third kappa shape index (κ3) is 4.88. The van der Waals surface area contributed by atoms with Gasteiger partial charge in [0.25, 0.3) is 5.91 Å². The van der Waals surface area contributed by atoms with Crippen molar-refractivity contribution in [3.05, 3.63) is 93.8 Å². The number of benzene rings is 2. The van der Waals surface area contributed by atoms with Gasteiger partial charge in [-0.05, 0) is 68.7 Å². The van der Waals surface area contributed by atoms with Gasteiger partial charge in [0, 0.05) is 17.1 Å². The number of amides is 1. The number of methoxy groups -OCH3 is 1. The molecule has 0 aliphatic rings. The average molecular weight is 442 g/mol. The summed E-state index contributed by atoms with van der Waals surface area (Å²) >= 11 is 0. The lowest BCUT2D eigenvalue weighted by molar-refractivity contribution is -0.117. The summed E-state index contributed by atoms with van der Waals surface area (Å²) in [7, 11) is 1.36. The van der Waals surface area contributed by atoms with E-state index in [1.807, 2.05) is 86.9 Å². The van der Waals surface area contributed by atoms with Gasteiger partial charge in [0.15, 0.2) is 0 Å². The van der Waals surface area contributed by atoms with Crippen molar-refractivity contribution in [3.63, 3.8) is 0 Å². The van der Waals surface area contributed by atoms with E-state index in [1.165, 1.54) is 7.11 Å². The molecular formula is C27H27N3O3. The summed E-state index contributed by atoms with van der Waals surface area (Å²) in [6, 6.07) is 18.8. The molecule has 0 bridgehead atoms. The first kappa shape index (κ1) is 23.6. The Hall–Kier alpha value is -4.11. The van der Waals surface area contributed by atoms with Crippen molar-refractivity contribution in [3.8, 4) is 11.8 Å². The minimum absolute atomic E-state index is 0.0260. The minimum Gasteiger partial charge on any atom is -0.465 e. The number of nitriles is 1. The summed E-state index contributed by atoms with van der Waals surface area (Å²) in [6.45, 7) is 7.61. The Morgan fingerprint density at radius 1 is 1.09 bits per heavy atom. The van der Waals surface area contributed by atoms with Crippen molar-refractivity contribution in [1.29, 1.82) is 5.26 Å². The predicted octanol–water partition coefficient (Wildman–Crippen LogP) is 4.97. The molecule has 1 N–H and O–H groups in total. The molecule has 3 rings (SSSR count). The summed E-state index contributed by atoms with van der Waals surface area (Å²) in [4.78, 5) is 24.9. The molecule has 1 atom stereocenters. The molecule has 0 fully saturated rings. The van der Waals surface area contributed by atoms with Crippen LogP contribution >= 0.6 is 0 Å². The van der Waals surface area contributed by atoms with Gasteiger partial charge in [-0.25, -0.2) is 4.79 Å². The zero-order valence-electron chi connectivity index (χ0n) is 19.5. The molecule has 6 nitrogen and oxygen atoms in total. The van der Waals surface area contributed by atoms with E-state index in [0.717, 1.165) is 33.8 Å². The van der Waals surface area contributed by atoms with Crippen molar-refractivity contribution in [2.45, 2.75) is 33.7 Å². The smallest absolute Gasteiger partial charge is 0.338 e. The molecule has 1 heterocycles. The van der Waals surface area contributed by atoms with E-state index in [1.54, 1.807) is 12.1 Å². The van der Waals surface area contributed by atoms with Crippen LogP contribution in [0.5, 0.6) is 0 Å². The fraction of sp³-hybridized carbons (Fsp3) is 0.222. The monoisotopic (exact) mass is 441 g/mol. The van der Waals surface area contributed by atoms with E-state index in [4.69, 9.17) is 4.74 Å². The molecular weight excluding hydrogens is 414 g/mol. The fourth-order valence-electron chi connectivity index (χ4n) is 3.90. The van der Waals surface area contributed by atoms with Gasteiger partial charge in [0.2, 0.25) is 0 Å². The van der Waals surface area contributed by atoms with Crippen LogP contribution in [0.3, 0.4) is 0 Å². The maximum absolute atomic E-state index is 12.8. The standard InChI is InChI=1S/C27H27N3O3/c1-17-14-22(15-23(16-28)26(31)29-19(3)21-10-7-6-8-11-21)20(4)30(17)25-13-9-12-24(18(25)2)27(32)33-5/h6-15,19H,1-5H3,(H,29,31)/b23-15-/t19-/m0/s1. The zero-order chi connectivity index (χ0) is 24.1. The molecule has 0 saturated carbocycles. The average Bonchev–Trinajstić information content (AvgIpc) is 3.10. The second-order valence-corrected chi connectivity index (χ2v) is 7.88. The number of esters is 1. The van der Waals surface area contributed by atoms with E-state index >= 15 is 0 Å². The third-order valence-corrected chi connectivity index (χ3v) is 5.73. The maximum Gasteiger partial charge on any atom is 0.338 e. The molecule has 1 amide bonds. The van der Waals surface area contributed by atoms with Crippen LogP contribution in [0.15, 0.2) is 60.2 Å². The molecule has 0 aliphatic carbocycles. The molecule has 0 spiro atoms. The van der Waals surface area contributed by atoms with Crippen LogP contribution in [0.4, 0.5) is 0 Å². The highest BCUT2D eigenvalue weighted by atomic mass is 16.5. The third-order valence-electron chi connectivity index (χ3n) is 5.73. The van der Waals surface area contributed by atoms with Crippen LogP contribution in [0.25, 0.3) is 11.8 Å². The molecule has 2 aromatic carbocycles. The second-order valence-electron chi connectivity index (χ2n) is 7.88. The number of aryl methyl sites for hydroxylation is 1. The van der Waals surface area contributed by atoms with E-state index in [-0.39, 0.29) is 11.6 Å². The van der Waals surface area contributed by atoms with Crippen LogP contribution in [-0.4, -0.2) is 23.6 Å². The predicted molar refractivity (Wildman–Crippen MR) is 128 cm³/mol. The first-order valence-electron chi connectivity index (χ1n) is 10.6. The molecule has 1 aromatic heterocycles. The summed E-state index contributed by atoms with van der Waals surface area (Å²) in [5, 5.41) is 12.5. The molecule has 0 aliphatic heterocycles. The topological polar surface area (TPSA) is 84.1 Å². The number of aromatic nitrogens is 1. The van der Waals surface area contributed by atoms with Crippen molar-refractivity contribution in [2.24, 2.45) is 0 Å². The molecule has 33 heavy (non-hydrogen) atoms.